The average Bonchev–Trinajstić information content (AvgIpc) is 2.93. The maximum Gasteiger partial charge on any atom is 0.141 e. The van der Waals surface area contributed by atoms with Gasteiger partial charge in [-0.1, -0.05) is 18.2 Å². The molecule has 5 heteroatoms. The summed E-state index contributed by atoms with van der Waals surface area (Å²) in [5.41, 5.74) is 1.14. The van der Waals surface area contributed by atoms with E-state index in [9.17, 15) is 0 Å². The molecule has 1 heterocycles. The number of methoxy groups -OCH3 is 1. The van der Waals surface area contributed by atoms with E-state index in [1.807, 2.05) is 22.9 Å². The zero-order valence-corrected chi connectivity index (χ0v) is 12.5. The van der Waals surface area contributed by atoms with E-state index < -0.39 is 0 Å². The van der Waals surface area contributed by atoms with Gasteiger partial charge in [0.15, 0.2) is 0 Å². The summed E-state index contributed by atoms with van der Waals surface area (Å²) >= 11 is 0. The Balaban J connectivity index is 2.05. The normalized spacial score (nSPS) is 12.7. The van der Waals surface area contributed by atoms with Crippen LogP contribution in [0.3, 0.4) is 0 Å². The summed E-state index contributed by atoms with van der Waals surface area (Å²) in [5, 5.41) is 7.71. The van der Waals surface area contributed by atoms with Gasteiger partial charge in [0, 0.05) is 17.6 Å². The number of para-hydroxylation sites is 1. The highest BCUT2D eigenvalue weighted by Crippen LogP contribution is 2.24. The first-order chi connectivity index (χ1) is 9.63. The predicted octanol–water partition coefficient (Wildman–Crippen LogP) is 2.72. The number of benzene rings is 1. The highest BCUT2D eigenvalue weighted by molar-refractivity contribution is 5.35. The monoisotopic (exact) mass is 274 g/mol. The molecule has 0 aliphatic rings. The predicted molar refractivity (Wildman–Crippen MR) is 78.7 cm³/mol. The Morgan fingerprint density at radius 3 is 2.70 bits per heavy atom. The lowest BCUT2D eigenvalue weighted by atomic mass is 10.1. The van der Waals surface area contributed by atoms with Crippen LogP contribution in [0.5, 0.6) is 5.75 Å². The van der Waals surface area contributed by atoms with Gasteiger partial charge in [-0.25, -0.2) is 9.67 Å². The first kappa shape index (κ1) is 14.5. The van der Waals surface area contributed by atoms with Gasteiger partial charge in [-0.3, -0.25) is 0 Å². The molecule has 0 saturated carbocycles. The molecule has 108 valence electrons. The molecule has 0 aliphatic heterocycles. The standard InChI is InChI=1S/C15H22N4O/c1-11(2)19-15(17-10-18-19)9-16-12(3)13-7-5-6-8-14(13)20-4/h5-8,10-12,16H,9H2,1-4H3/t12-/m1/s1. The van der Waals surface area contributed by atoms with Gasteiger partial charge in [-0.2, -0.15) is 5.10 Å². The molecule has 0 saturated heterocycles. The summed E-state index contributed by atoms with van der Waals surface area (Å²) in [6.45, 7) is 7.00. The molecule has 2 rings (SSSR count). The van der Waals surface area contributed by atoms with Crippen molar-refractivity contribution < 1.29 is 4.74 Å². The minimum atomic E-state index is 0.184. The first-order valence-corrected chi connectivity index (χ1v) is 6.88. The lowest BCUT2D eigenvalue weighted by Crippen LogP contribution is -2.22. The van der Waals surface area contributed by atoms with Crippen LogP contribution >= 0.6 is 0 Å². The molecule has 0 unspecified atom stereocenters. The van der Waals surface area contributed by atoms with Crippen molar-refractivity contribution >= 4 is 0 Å². The van der Waals surface area contributed by atoms with E-state index in [1.54, 1.807) is 13.4 Å². The summed E-state index contributed by atoms with van der Waals surface area (Å²) in [4.78, 5) is 4.30. The summed E-state index contributed by atoms with van der Waals surface area (Å²) < 4.78 is 7.32. The quantitative estimate of drug-likeness (QED) is 0.880. The molecule has 1 aromatic heterocycles. The highest BCUT2D eigenvalue weighted by Gasteiger charge is 2.12. The van der Waals surface area contributed by atoms with Crippen LogP contribution in [0.2, 0.25) is 0 Å². The Kier molecular flexibility index (Phi) is 4.74. The second-order valence-electron chi connectivity index (χ2n) is 5.06. The van der Waals surface area contributed by atoms with E-state index >= 15 is 0 Å². The van der Waals surface area contributed by atoms with Crippen LogP contribution in [-0.2, 0) is 6.54 Å². The van der Waals surface area contributed by atoms with Gasteiger partial charge in [0.1, 0.15) is 17.9 Å². The van der Waals surface area contributed by atoms with E-state index in [-0.39, 0.29) is 6.04 Å². The molecule has 1 aromatic carbocycles. The Hall–Kier alpha value is -1.88. The minimum absolute atomic E-state index is 0.184. The van der Waals surface area contributed by atoms with E-state index in [2.05, 4.69) is 42.2 Å². The van der Waals surface area contributed by atoms with E-state index in [0.29, 0.717) is 12.6 Å². The Morgan fingerprint density at radius 2 is 2.00 bits per heavy atom. The van der Waals surface area contributed by atoms with Crippen LogP contribution in [-0.4, -0.2) is 21.9 Å². The summed E-state index contributed by atoms with van der Waals surface area (Å²) in [7, 11) is 1.70. The van der Waals surface area contributed by atoms with Gasteiger partial charge >= 0.3 is 0 Å². The van der Waals surface area contributed by atoms with Crippen LogP contribution in [0.25, 0.3) is 0 Å². The van der Waals surface area contributed by atoms with Crippen LogP contribution in [0.1, 0.15) is 44.2 Å². The molecule has 1 atom stereocenters. The molecular weight excluding hydrogens is 252 g/mol. The molecular formula is C15H22N4O. The van der Waals surface area contributed by atoms with E-state index in [0.717, 1.165) is 17.1 Å². The molecule has 0 amide bonds. The Morgan fingerprint density at radius 1 is 1.25 bits per heavy atom. The summed E-state index contributed by atoms with van der Waals surface area (Å²) in [6.07, 6.45) is 1.60. The van der Waals surface area contributed by atoms with Crippen molar-refractivity contribution in [1.82, 2.24) is 20.1 Å². The largest absolute Gasteiger partial charge is 0.496 e. The van der Waals surface area contributed by atoms with Crippen molar-refractivity contribution in [3.8, 4) is 5.75 Å². The number of ether oxygens (including phenoxy) is 1. The minimum Gasteiger partial charge on any atom is -0.496 e. The number of hydrogen-bond acceptors (Lipinski definition) is 4. The van der Waals surface area contributed by atoms with Gasteiger partial charge in [0.25, 0.3) is 0 Å². The molecule has 2 aromatic rings. The lowest BCUT2D eigenvalue weighted by molar-refractivity contribution is 0.399. The summed E-state index contributed by atoms with van der Waals surface area (Å²) in [6, 6.07) is 8.55. The van der Waals surface area contributed by atoms with Gasteiger partial charge in [0.05, 0.1) is 13.7 Å². The molecule has 0 radical (unpaired) electrons. The summed E-state index contributed by atoms with van der Waals surface area (Å²) in [5.74, 6) is 1.85. The molecule has 0 aliphatic carbocycles. The molecule has 0 fully saturated rings. The molecule has 1 N–H and O–H groups in total. The van der Waals surface area contributed by atoms with E-state index in [1.165, 1.54) is 0 Å². The van der Waals surface area contributed by atoms with Crippen molar-refractivity contribution in [3.63, 3.8) is 0 Å². The third kappa shape index (κ3) is 3.17. The molecule has 0 spiro atoms. The smallest absolute Gasteiger partial charge is 0.141 e. The molecule has 5 nitrogen and oxygen atoms in total. The fourth-order valence-corrected chi connectivity index (χ4v) is 2.21. The molecule has 20 heavy (non-hydrogen) atoms. The van der Waals surface area contributed by atoms with Crippen molar-refractivity contribution in [2.75, 3.05) is 7.11 Å². The number of nitrogens with zero attached hydrogens (tertiary/aromatic N) is 3. The van der Waals surface area contributed by atoms with Gasteiger partial charge < -0.3 is 10.1 Å². The van der Waals surface area contributed by atoms with Crippen molar-refractivity contribution in [1.29, 1.82) is 0 Å². The second kappa shape index (κ2) is 6.52. The fourth-order valence-electron chi connectivity index (χ4n) is 2.21. The Bertz CT molecular complexity index is 550. The van der Waals surface area contributed by atoms with E-state index in [4.69, 9.17) is 4.74 Å². The SMILES string of the molecule is COc1ccccc1[C@@H](C)NCc1ncnn1C(C)C. The topological polar surface area (TPSA) is 52.0 Å². The number of nitrogens with one attached hydrogen (secondary N) is 1. The van der Waals surface area contributed by atoms with Crippen molar-refractivity contribution in [3.05, 3.63) is 42.0 Å². The third-order valence-electron chi connectivity index (χ3n) is 3.31. The number of rotatable bonds is 6. The maximum atomic E-state index is 5.39. The Labute approximate surface area is 120 Å². The van der Waals surface area contributed by atoms with Gasteiger partial charge in [-0.15, -0.1) is 0 Å². The third-order valence-corrected chi connectivity index (χ3v) is 3.31. The van der Waals surface area contributed by atoms with Crippen molar-refractivity contribution in [2.45, 2.75) is 39.4 Å². The van der Waals surface area contributed by atoms with Crippen LogP contribution in [0, 0.1) is 0 Å². The number of aromatic nitrogens is 3. The zero-order chi connectivity index (χ0) is 14.5. The van der Waals surface area contributed by atoms with Gasteiger partial charge in [0.2, 0.25) is 0 Å². The zero-order valence-electron chi connectivity index (χ0n) is 12.5. The van der Waals surface area contributed by atoms with Crippen LogP contribution in [0.15, 0.2) is 30.6 Å². The molecule has 0 bridgehead atoms. The lowest BCUT2D eigenvalue weighted by Gasteiger charge is -2.17. The number of hydrogen-bond donors (Lipinski definition) is 1. The van der Waals surface area contributed by atoms with Gasteiger partial charge in [-0.05, 0) is 26.8 Å². The fraction of sp³-hybridized carbons (Fsp3) is 0.467. The van der Waals surface area contributed by atoms with Crippen LogP contribution in [0.4, 0.5) is 0 Å². The second-order valence-corrected chi connectivity index (χ2v) is 5.06. The average molecular weight is 274 g/mol. The van der Waals surface area contributed by atoms with Crippen LogP contribution < -0.4 is 10.1 Å². The first-order valence-electron chi connectivity index (χ1n) is 6.88. The highest BCUT2D eigenvalue weighted by atomic mass is 16.5. The maximum absolute atomic E-state index is 5.39. The van der Waals surface area contributed by atoms with Crippen molar-refractivity contribution in [2.24, 2.45) is 0 Å².